The molecule has 1 unspecified atom stereocenters. The van der Waals surface area contributed by atoms with Gasteiger partial charge in [-0.05, 0) is 0 Å². The van der Waals surface area contributed by atoms with E-state index in [0.717, 1.165) is 0 Å². The first-order chi connectivity index (χ1) is 5.02. The second-order valence-electron chi connectivity index (χ2n) is 1.75. The van der Waals surface area contributed by atoms with Gasteiger partial charge in [0.2, 0.25) is 0 Å². The van der Waals surface area contributed by atoms with Crippen molar-refractivity contribution in [3.63, 3.8) is 0 Å². The molecule has 1 atom stereocenters. The minimum absolute atomic E-state index is 0.222. The number of hydrogen-bond acceptors (Lipinski definition) is 2. The van der Waals surface area contributed by atoms with Crippen molar-refractivity contribution in [2.24, 2.45) is 10.9 Å². The van der Waals surface area contributed by atoms with Crippen molar-refractivity contribution in [3.8, 4) is 0 Å². The van der Waals surface area contributed by atoms with Gasteiger partial charge in [-0.3, -0.25) is 9.79 Å². The van der Waals surface area contributed by atoms with Crippen LogP contribution in [0.3, 0.4) is 0 Å². The minimum Gasteiger partial charge on any atom is -0.299 e. The molecule has 0 fully saturated rings. The first kappa shape index (κ1) is 2.76. The fraction of sp³-hybridized carbons (Fsp3) is 0.667. The van der Waals surface area contributed by atoms with Crippen molar-refractivity contribution >= 4 is 12.0 Å². The minimum atomic E-state index is -2.21. The smallest absolute Gasteiger partial charge is 0.142 e. The van der Waals surface area contributed by atoms with E-state index < -0.39 is 12.8 Å². The van der Waals surface area contributed by atoms with Gasteiger partial charge in [-0.1, -0.05) is 6.85 Å². The third-order valence-corrected chi connectivity index (χ3v) is 1.09. The number of hydrogen-bond donors (Lipinski definition) is 0. The maximum Gasteiger partial charge on any atom is 0.142 e. The molecule has 0 saturated carbocycles. The molecule has 0 spiro atoms. The van der Waals surface area contributed by atoms with Gasteiger partial charge in [0.1, 0.15) is 5.78 Å². The lowest BCUT2D eigenvalue weighted by Gasteiger charge is -2.07. The van der Waals surface area contributed by atoms with Crippen LogP contribution in [0, 0.1) is 5.92 Å². The van der Waals surface area contributed by atoms with Crippen LogP contribution in [-0.4, -0.2) is 18.5 Å². The number of carbonyl (C=O) groups excluding carboxylic acids is 1. The van der Waals surface area contributed by atoms with E-state index in [1.54, 1.807) is 0 Å². The molecule has 0 aliphatic carbocycles. The van der Waals surface area contributed by atoms with Crippen LogP contribution < -0.4 is 0 Å². The normalized spacial score (nSPS) is 35.8. The van der Waals surface area contributed by atoms with Crippen LogP contribution in [0.15, 0.2) is 4.99 Å². The summed E-state index contributed by atoms with van der Waals surface area (Å²) in [6.45, 7) is -1.77. The van der Waals surface area contributed by atoms with Gasteiger partial charge < -0.3 is 0 Å². The van der Waals surface area contributed by atoms with Crippen molar-refractivity contribution in [1.82, 2.24) is 0 Å². The van der Waals surface area contributed by atoms with Gasteiger partial charge in [0, 0.05) is 29.2 Å². The summed E-state index contributed by atoms with van der Waals surface area (Å²) in [7, 11) is 0. The summed E-state index contributed by atoms with van der Waals surface area (Å²) >= 11 is 0. The molecule has 0 aromatic rings. The maximum atomic E-state index is 11.0. The van der Waals surface area contributed by atoms with Gasteiger partial charge >= 0.3 is 0 Å². The molecule has 0 radical (unpaired) electrons. The summed E-state index contributed by atoms with van der Waals surface area (Å²) in [4.78, 5) is 14.8. The van der Waals surface area contributed by atoms with Crippen molar-refractivity contribution in [1.29, 1.82) is 0 Å². The Morgan fingerprint density at radius 2 is 3.00 bits per heavy atom. The summed E-state index contributed by atoms with van der Waals surface area (Å²) in [5.41, 5.74) is 0. The molecule has 8 heavy (non-hydrogen) atoms. The molecule has 1 aliphatic rings. The predicted octanol–water partition coefficient (Wildman–Crippen LogP) is 0.666. The SMILES string of the molecule is [2H]C([2H])([2H])C1C=NCCC1=O. The highest BCUT2D eigenvalue weighted by Gasteiger charge is 2.12. The monoisotopic (exact) mass is 114 g/mol. The fourth-order valence-electron chi connectivity index (χ4n) is 0.593. The zero-order valence-electron chi connectivity index (χ0n) is 7.42. The second kappa shape index (κ2) is 2.07. The van der Waals surface area contributed by atoms with Gasteiger partial charge in [-0.25, -0.2) is 0 Å². The molecular weight excluding hydrogens is 102 g/mol. The lowest BCUT2D eigenvalue weighted by molar-refractivity contribution is -0.120. The Morgan fingerprint density at radius 1 is 2.12 bits per heavy atom. The number of ketones is 1. The van der Waals surface area contributed by atoms with Crippen LogP contribution in [0.25, 0.3) is 0 Å². The first-order valence-corrected chi connectivity index (χ1v) is 2.54. The molecule has 0 N–H and O–H groups in total. The van der Waals surface area contributed by atoms with E-state index in [0.29, 0.717) is 6.54 Å². The third kappa shape index (κ3) is 0.941. The lowest BCUT2D eigenvalue weighted by atomic mass is 10.0. The molecule has 0 bridgehead atoms. The standard InChI is InChI=1S/C6H9NO/c1-5-4-7-3-2-6(5)8/h4-5H,2-3H2,1H3/i1D3. The lowest BCUT2D eigenvalue weighted by Crippen LogP contribution is -2.17. The number of Topliss-reactive ketones (excluding diaryl/α,β-unsaturated/α-hetero) is 1. The van der Waals surface area contributed by atoms with E-state index in [9.17, 15) is 4.79 Å². The van der Waals surface area contributed by atoms with E-state index in [1.807, 2.05) is 0 Å². The Hall–Kier alpha value is -0.660. The van der Waals surface area contributed by atoms with E-state index >= 15 is 0 Å². The highest BCUT2D eigenvalue weighted by atomic mass is 16.1. The Balaban J connectivity index is 2.77. The molecule has 1 aliphatic heterocycles. The Bertz CT molecular complexity index is 196. The van der Waals surface area contributed by atoms with E-state index in [2.05, 4.69) is 4.99 Å². The van der Waals surface area contributed by atoms with Gasteiger partial charge in [-0.2, -0.15) is 0 Å². The highest BCUT2D eigenvalue weighted by Crippen LogP contribution is 2.02. The number of nitrogens with zero attached hydrogens (tertiary/aromatic N) is 1. The van der Waals surface area contributed by atoms with Gasteiger partial charge in [0.05, 0.1) is 0 Å². The number of rotatable bonds is 0. The summed E-state index contributed by atoms with van der Waals surface area (Å²) < 4.78 is 20.9. The molecule has 2 heteroatoms. The van der Waals surface area contributed by atoms with Crippen LogP contribution in [0.1, 0.15) is 17.4 Å². The Labute approximate surface area is 52.8 Å². The number of carbonyl (C=O) groups is 1. The van der Waals surface area contributed by atoms with Crippen molar-refractivity contribution < 1.29 is 8.91 Å². The fourth-order valence-corrected chi connectivity index (χ4v) is 0.593. The van der Waals surface area contributed by atoms with Crippen LogP contribution in [-0.2, 0) is 4.79 Å². The molecule has 0 saturated heterocycles. The van der Waals surface area contributed by atoms with Gasteiger partial charge in [-0.15, -0.1) is 0 Å². The van der Waals surface area contributed by atoms with E-state index in [1.165, 1.54) is 6.21 Å². The largest absolute Gasteiger partial charge is 0.299 e. The average Bonchev–Trinajstić information content (AvgIpc) is 1.86. The molecule has 0 amide bonds. The van der Waals surface area contributed by atoms with Crippen LogP contribution in [0.5, 0.6) is 0 Å². The van der Waals surface area contributed by atoms with Crippen LogP contribution >= 0.6 is 0 Å². The summed E-state index contributed by atoms with van der Waals surface area (Å²) in [6, 6.07) is 0. The highest BCUT2D eigenvalue weighted by molar-refractivity contribution is 5.95. The molecule has 2 nitrogen and oxygen atoms in total. The Morgan fingerprint density at radius 3 is 3.50 bits per heavy atom. The van der Waals surface area contributed by atoms with E-state index in [-0.39, 0.29) is 12.2 Å². The van der Waals surface area contributed by atoms with Crippen LogP contribution in [0.2, 0.25) is 0 Å². The Kier molecular flexibility index (Phi) is 0.715. The second-order valence-corrected chi connectivity index (χ2v) is 1.75. The molecule has 0 aromatic carbocycles. The third-order valence-electron chi connectivity index (χ3n) is 1.09. The average molecular weight is 114 g/mol. The van der Waals surface area contributed by atoms with Gasteiger partial charge in [0.25, 0.3) is 0 Å². The zero-order valence-corrected chi connectivity index (χ0v) is 4.42. The molecular formula is C6H9NO. The van der Waals surface area contributed by atoms with Crippen molar-refractivity contribution in [2.75, 3.05) is 6.54 Å². The molecule has 0 aromatic heterocycles. The summed E-state index contributed by atoms with van der Waals surface area (Å²) in [6.07, 6.45) is 1.51. The van der Waals surface area contributed by atoms with Crippen molar-refractivity contribution in [2.45, 2.75) is 13.3 Å². The maximum absolute atomic E-state index is 11.0. The molecule has 1 rings (SSSR count). The zero-order chi connectivity index (χ0) is 8.48. The van der Waals surface area contributed by atoms with E-state index in [4.69, 9.17) is 4.11 Å². The first-order valence-electron chi connectivity index (χ1n) is 4.04. The topological polar surface area (TPSA) is 29.4 Å². The molecule has 1 heterocycles. The van der Waals surface area contributed by atoms with Crippen LogP contribution in [0.4, 0.5) is 0 Å². The predicted molar refractivity (Wildman–Crippen MR) is 32.1 cm³/mol. The van der Waals surface area contributed by atoms with Crippen molar-refractivity contribution in [3.05, 3.63) is 0 Å². The number of aliphatic imine (C=N–C) groups is 1. The molecule has 44 valence electrons. The quantitative estimate of drug-likeness (QED) is 0.455. The summed E-state index contributed by atoms with van der Waals surface area (Å²) in [5, 5.41) is 0. The summed E-state index contributed by atoms with van der Waals surface area (Å²) in [5.74, 6) is -1.18. The van der Waals surface area contributed by atoms with Gasteiger partial charge in [0.15, 0.2) is 0 Å².